The van der Waals surface area contributed by atoms with Gasteiger partial charge in [-0.2, -0.15) is 0 Å². The number of hydrogen-bond acceptors (Lipinski definition) is 4. The number of ether oxygens (including phenoxy) is 1. The highest BCUT2D eigenvalue weighted by atomic mass is 16.5. The zero-order valence-corrected chi connectivity index (χ0v) is 11.6. The lowest BCUT2D eigenvalue weighted by molar-refractivity contribution is -0.138. The molecule has 1 aliphatic rings. The van der Waals surface area contributed by atoms with E-state index in [-0.39, 0.29) is 24.3 Å². The molecule has 1 amide bonds. The largest absolute Gasteiger partial charge is 0.481 e. The van der Waals surface area contributed by atoms with Crippen molar-refractivity contribution in [1.29, 1.82) is 0 Å². The summed E-state index contributed by atoms with van der Waals surface area (Å²) in [6, 6.07) is -0.321. The molecule has 0 aromatic heterocycles. The molecule has 110 valence electrons. The molecular formula is C13H24N2O4. The second-order valence-electron chi connectivity index (χ2n) is 5.42. The van der Waals surface area contributed by atoms with Crippen LogP contribution in [0.3, 0.4) is 0 Å². The van der Waals surface area contributed by atoms with Gasteiger partial charge in [-0.25, -0.2) is 0 Å². The Hall–Kier alpha value is -1.14. The lowest BCUT2D eigenvalue weighted by atomic mass is 9.94. The van der Waals surface area contributed by atoms with Gasteiger partial charge in [0.2, 0.25) is 5.91 Å². The highest BCUT2D eigenvalue weighted by Crippen LogP contribution is 2.14. The third-order valence-electron chi connectivity index (χ3n) is 3.07. The van der Waals surface area contributed by atoms with Gasteiger partial charge in [0.1, 0.15) is 6.04 Å². The summed E-state index contributed by atoms with van der Waals surface area (Å²) in [5.41, 5.74) is 0. The van der Waals surface area contributed by atoms with Crippen LogP contribution in [0.25, 0.3) is 0 Å². The standard InChI is InChI=1S/C13H24N2O4/c1-9(2)5-10(6-12(16)17)7-15-13(18)11-8-19-4-3-14-11/h9-11,14H,3-8H2,1-2H3,(H,15,18)(H,16,17)/t10-,11?/m0/s1. The Morgan fingerprint density at radius 3 is 2.74 bits per heavy atom. The monoisotopic (exact) mass is 272 g/mol. The van der Waals surface area contributed by atoms with Crippen LogP contribution in [0.2, 0.25) is 0 Å². The van der Waals surface area contributed by atoms with Gasteiger partial charge in [0.25, 0.3) is 0 Å². The Balaban J connectivity index is 2.36. The molecule has 1 saturated heterocycles. The molecule has 19 heavy (non-hydrogen) atoms. The molecule has 0 aromatic carbocycles. The fourth-order valence-corrected chi connectivity index (χ4v) is 2.25. The van der Waals surface area contributed by atoms with Crippen molar-refractivity contribution in [2.75, 3.05) is 26.3 Å². The molecular weight excluding hydrogens is 248 g/mol. The highest BCUT2D eigenvalue weighted by Gasteiger charge is 2.22. The molecule has 0 bridgehead atoms. The van der Waals surface area contributed by atoms with Crippen molar-refractivity contribution in [2.45, 2.75) is 32.7 Å². The first kappa shape index (κ1) is 15.9. The summed E-state index contributed by atoms with van der Waals surface area (Å²) in [6.07, 6.45) is 0.883. The van der Waals surface area contributed by atoms with Gasteiger partial charge in [-0.05, 0) is 18.3 Å². The van der Waals surface area contributed by atoms with Crippen LogP contribution < -0.4 is 10.6 Å². The van der Waals surface area contributed by atoms with Gasteiger partial charge >= 0.3 is 5.97 Å². The molecule has 1 heterocycles. The Bertz CT molecular complexity index is 301. The molecule has 0 radical (unpaired) electrons. The summed E-state index contributed by atoms with van der Waals surface area (Å²) in [6.45, 7) is 6.17. The van der Waals surface area contributed by atoms with Crippen LogP contribution in [0.1, 0.15) is 26.7 Å². The van der Waals surface area contributed by atoms with E-state index in [1.807, 2.05) is 13.8 Å². The first-order valence-corrected chi connectivity index (χ1v) is 6.79. The van der Waals surface area contributed by atoms with Crippen LogP contribution in [-0.4, -0.2) is 49.3 Å². The number of carboxylic acid groups (broad SMARTS) is 1. The zero-order chi connectivity index (χ0) is 14.3. The maximum Gasteiger partial charge on any atom is 0.303 e. The zero-order valence-electron chi connectivity index (χ0n) is 11.6. The average Bonchev–Trinajstić information content (AvgIpc) is 2.35. The van der Waals surface area contributed by atoms with Crippen LogP contribution in [-0.2, 0) is 14.3 Å². The van der Waals surface area contributed by atoms with Crippen LogP contribution in [0, 0.1) is 11.8 Å². The van der Waals surface area contributed by atoms with Crippen LogP contribution in [0.15, 0.2) is 0 Å². The molecule has 3 N–H and O–H groups in total. The van der Waals surface area contributed by atoms with E-state index in [9.17, 15) is 9.59 Å². The van der Waals surface area contributed by atoms with Crippen molar-refractivity contribution in [3.8, 4) is 0 Å². The summed E-state index contributed by atoms with van der Waals surface area (Å²) >= 11 is 0. The summed E-state index contributed by atoms with van der Waals surface area (Å²) in [7, 11) is 0. The molecule has 0 aromatic rings. The molecule has 0 saturated carbocycles. The average molecular weight is 272 g/mol. The number of rotatable bonds is 7. The van der Waals surface area contributed by atoms with Crippen LogP contribution in [0.4, 0.5) is 0 Å². The number of hydrogen-bond donors (Lipinski definition) is 3. The number of aliphatic carboxylic acids is 1. The van der Waals surface area contributed by atoms with E-state index >= 15 is 0 Å². The highest BCUT2D eigenvalue weighted by molar-refractivity contribution is 5.82. The van der Waals surface area contributed by atoms with Gasteiger partial charge < -0.3 is 20.5 Å². The molecule has 6 heteroatoms. The number of carboxylic acids is 1. The van der Waals surface area contributed by atoms with Gasteiger partial charge in [-0.3, -0.25) is 9.59 Å². The van der Waals surface area contributed by atoms with Crippen LogP contribution in [0.5, 0.6) is 0 Å². The van der Waals surface area contributed by atoms with E-state index < -0.39 is 5.97 Å². The minimum Gasteiger partial charge on any atom is -0.481 e. The molecule has 2 atom stereocenters. The lowest BCUT2D eigenvalue weighted by Gasteiger charge is -2.24. The lowest BCUT2D eigenvalue weighted by Crippen LogP contribution is -2.52. The van der Waals surface area contributed by atoms with E-state index in [4.69, 9.17) is 9.84 Å². The van der Waals surface area contributed by atoms with Crippen molar-refractivity contribution in [3.05, 3.63) is 0 Å². The van der Waals surface area contributed by atoms with E-state index in [1.54, 1.807) is 0 Å². The maximum atomic E-state index is 11.9. The summed E-state index contributed by atoms with van der Waals surface area (Å²) < 4.78 is 5.22. The quantitative estimate of drug-likeness (QED) is 0.617. The fraction of sp³-hybridized carbons (Fsp3) is 0.846. The van der Waals surface area contributed by atoms with Gasteiger partial charge in [0.05, 0.1) is 13.2 Å². The first-order chi connectivity index (χ1) is 8.99. The second kappa shape index (κ2) is 8.12. The van der Waals surface area contributed by atoms with E-state index in [2.05, 4.69) is 10.6 Å². The minimum absolute atomic E-state index is 0.0223. The Morgan fingerprint density at radius 2 is 2.21 bits per heavy atom. The van der Waals surface area contributed by atoms with E-state index in [1.165, 1.54) is 0 Å². The Kier molecular flexibility index (Phi) is 6.80. The molecule has 1 unspecified atom stereocenters. The molecule has 0 spiro atoms. The van der Waals surface area contributed by atoms with Crippen molar-refractivity contribution < 1.29 is 19.4 Å². The number of carbonyl (C=O) groups is 2. The number of morpholine rings is 1. The third-order valence-corrected chi connectivity index (χ3v) is 3.07. The molecule has 6 nitrogen and oxygen atoms in total. The number of carbonyl (C=O) groups excluding carboxylic acids is 1. The molecule has 0 aliphatic carbocycles. The molecule has 1 rings (SSSR count). The van der Waals surface area contributed by atoms with Crippen molar-refractivity contribution in [3.63, 3.8) is 0 Å². The maximum absolute atomic E-state index is 11.9. The smallest absolute Gasteiger partial charge is 0.303 e. The predicted molar refractivity (Wildman–Crippen MR) is 70.8 cm³/mol. The van der Waals surface area contributed by atoms with Gasteiger partial charge in [0.15, 0.2) is 0 Å². The molecule has 1 aliphatic heterocycles. The van der Waals surface area contributed by atoms with Crippen LogP contribution >= 0.6 is 0 Å². The third kappa shape index (κ3) is 6.54. The Morgan fingerprint density at radius 1 is 1.47 bits per heavy atom. The van der Waals surface area contributed by atoms with Gasteiger partial charge in [-0.1, -0.05) is 13.8 Å². The van der Waals surface area contributed by atoms with Crippen molar-refractivity contribution in [1.82, 2.24) is 10.6 Å². The summed E-state index contributed by atoms with van der Waals surface area (Å²) in [4.78, 5) is 22.7. The summed E-state index contributed by atoms with van der Waals surface area (Å²) in [5.74, 6) is -0.541. The first-order valence-electron chi connectivity index (χ1n) is 6.79. The topological polar surface area (TPSA) is 87.7 Å². The van der Waals surface area contributed by atoms with E-state index in [0.717, 1.165) is 6.42 Å². The fourth-order valence-electron chi connectivity index (χ4n) is 2.25. The second-order valence-corrected chi connectivity index (χ2v) is 5.42. The number of amides is 1. The summed E-state index contributed by atoms with van der Waals surface area (Å²) in [5, 5.41) is 14.8. The van der Waals surface area contributed by atoms with Gasteiger partial charge in [0, 0.05) is 19.5 Å². The normalized spacial score (nSPS) is 21.1. The molecule has 1 fully saturated rings. The Labute approximate surface area is 113 Å². The van der Waals surface area contributed by atoms with E-state index in [0.29, 0.717) is 32.2 Å². The van der Waals surface area contributed by atoms with Gasteiger partial charge in [-0.15, -0.1) is 0 Å². The number of nitrogens with one attached hydrogen (secondary N) is 2. The predicted octanol–water partition coefficient (Wildman–Crippen LogP) is 0.228. The SMILES string of the molecule is CC(C)C[C@H](CNC(=O)C1COCCN1)CC(=O)O. The van der Waals surface area contributed by atoms with Crippen molar-refractivity contribution >= 4 is 11.9 Å². The minimum atomic E-state index is -0.820. The van der Waals surface area contributed by atoms with Crippen molar-refractivity contribution in [2.24, 2.45) is 11.8 Å².